The van der Waals surface area contributed by atoms with Crippen LogP contribution in [-0.4, -0.2) is 48.5 Å². The SMILES string of the molecule is OCC1(CN2C3CCC2COC3)CC1. The van der Waals surface area contributed by atoms with Crippen molar-refractivity contribution in [1.29, 1.82) is 0 Å². The van der Waals surface area contributed by atoms with E-state index in [9.17, 15) is 5.11 Å². The maximum Gasteiger partial charge on any atom is 0.0622 e. The van der Waals surface area contributed by atoms with Crippen LogP contribution in [0.4, 0.5) is 0 Å². The van der Waals surface area contributed by atoms with Crippen molar-refractivity contribution in [3.63, 3.8) is 0 Å². The lowest BCUT2D eigenvalue weighted by Gasteiger charge is -2.36. The molecule has 80 valence electrons. The number of fused-ring (bicyclic) bond motifs is 2. The normalized spacial score (nSPS) is 40.1. The van der Waals surface area contributed by atoms with Crippen LogP contribution in [0.3, 0.4) is 0 Å². The van der Waals surface area contributed by atoms with Crippen molar-refractivity contribution in [1.82, 2.24) is 4.90 Å². The third kappa shape index (κ3) is 1.38. The number of aliphatic hydroxyl groups excluding tert-OH is 1. The number of hydrogen-bond acceptors (Lipinski definition) is 3. The van der Waals surface area contributed by atoms with Crippen LogP contribution in [0, 0.1) is 5.41 Å². The van der Waals surface area contributed by atoms with Crippen molar-refractivity contribution in [3.05, 3.63) is 0 Å². The molecule has 2 unspecified atom stereocenters. The molecule has 0 radical (unpaired) electrons. The van der Waals surface area contributed by atoms with Crippen LogP contribution >= 0.6 is 0 Å². The molecule has 1 saturated carbocycles. The second-order valence-electron chi connectivity index (χ2n) is 5.25. The summed E-state index contributed by atoms with van der Waals surface area (Å²) in [6.07, 6.45) is 5.04. The highest BCUT2D eigenvalue weighted by Gasteiger charge is 2.48. The summed E-state index contributed by atoms with van der Waals surface area (Å²) in [7, 11) is 0. The molecule has 0 amide bonds. The molecule has 2 aliphatic heterocycles. The molecular formula is C11H19NO2. The minimum Gasteiger partial charge on any atom is -0.396 e. The summed E-state index contributed by atoms with van der Waals surface area (Å²) < 4.78 is 5.55. The quantitative estimate of drug-likeness (QED) is 0.720. The lowest BCUT2D eigenvalue weighted by Crippen LogP contribution is -2.48. The summed E-state index contributed by atoms with van der Waals surface area (Å²) in [5.74, 6) is 0. The predicted octanol–water partition coefficient (Wildman–Crippen LogP) is 0.622. The average Bonchev–Trinajstić information content (AvgIpc) is 2.93. The van der Waals surface area contributed by atoms with Crippen molar-refractivity contribution in [2.24, 2.45) is 5.41 Å². The highest BCUT2D eigenvalue weighted by Crippen LogP contribution is 2.47. The zero-order valence-electron chi connectivity index (χ0n) is 8.61. The summed E-state index contributed by atoms with van der Waals surface area (Å²) in [5, 5.41) is 9.32. The maximum atomic E-state index is 9.32. The summed E-state index contributed by atoms with van der Waals surface area (Å²) in [5.41, 5.74) is 0.276. The Kier molecular flexibility index (Phi) is 2.08. The van der Waals surface area contributed by atoms with E-state index in [0.717, 1.165) is 19.8 Å². The van der Waals surface area contributed by atoms with Gasteiger partial charge in [-0.1, -0.05) is 0 Å². The minimum atomic E-state index is 0.276. The number of aliphatic hydroxyl groups is 1. The Balaban J connectivity index is 1.67. The fourth-order valence-electron chi connectivity index (χ4n) is 2.90. The second kappa shape index (κ2) is 3.19. The van der Waals surface area contributed by atoms with E-state index in [1.54, 1.807) is 0 Å². The van der Waals surface area contributed by atoms with Crippen molar-refractivity contribution < 1.29 is 9.84 Å². The number of rotatable bonds is 3. The average molecular weight is 197 g/mol. The molecular weight excluding hydrogens is 178 g/mol. The Morgan fingerprint density at radius 1 is 1.21 bits per heavy atom. The highest BCUT2D eigenvalue weighted by atomic mass is 16.5. The van der Waals surface area contributed by atoms with Gasteiger partial charge in [-0.25, -0.2) is 0 Å². The van der Waals surface area contributed by atoms with Gasteiger partial charge in [-0.2, -0.15) is 0 Å². The van der Waals surface area contributed by atoms with Gasteiger partial charge in [0.25, 0.3) is 0 Å². The number of morpholine rings is 1. The van der Waals surface area contributed by atoms with Gasteiger partial charge in [0, 0.05) is 30.7 Å². The van der Waals surface area contributed by atoms with Crippen LogP contribution in [0.15, 0.2) is 0 Å². The first kappa shape index (κ1) is 9.13. The number of hydrogen-bond donors (Lipinski definition) is 1. The van der Waals surface area contributed by atoms with Gasteiger partial charge in [0.15, 0.2) is 0 Å². The summed E-state index contributed by atoms with van der Waals surface area (Å²) in [4.78, 5) is 2.60. The van der Waals surface area contributed by atoms with Crippen LogP contribution in [0.2, 0.25) is 0 Å². The van der Waals surface area contributed by atoms with Crippen molar-refractivity contribution in [2.75, 3.05) is 26.4 Å². The standard InChI is InChI=1S/C11H19NO2/c13-8-11(3-4-11)7-12-9-1-2-10(12)6-14-5-9/h9-10,13H,1-8H2. The molecule has 3 rings (SSSR count). The minimum absolute atomic E-state index is 0.276. The van der Waals surface area contributed by atoms with Gasteiger partial charge >= 0.3 is 0 Å². The molecule has 3 aliphatic rings. The number of ether oxygens (including phenoxy) is 1. The van der Waals surface area contributed by atoms with Gasteiger partial charge in [-0.3, -0.25) is 4.90 Å². The van der Waals surface area contributed by atoms with Gasteiger partial charge in [0.1, 0.15) is 0 Å². The van der Waals surface area contributed by atoms with E-state index in [1.165, 1.54) is 25.7 Å². The maximum absolute atomic E-state index is 9.32. The predicted molar refractivity (Wildman–Crippen MR) is 53.1 cm³/mol. The molecule has 14 heavy (non-hydrogen) atoms. The van der Waals surface area contributed by atoms with E-state index in [4.69, 9.17) is 4.74 Å². The van der Waals surface area contributed by atoms with Crippen molar-refractivity contribution >= 4 is 0 Å². The van der Waals surface area contributed by atoms with Crippen LogP contribution in [0.5, 0.6) is 0 Å². The Hall–Kier alpha value is -0.120. The lowest BCUT2D eigenvalue weighted by molar-refractivity contribution is -0.0278. The topological polar surface area (TPSA) is 32.7 Å². The van der Waals surface area contributed by atoms with Gasteiger partial charge in [-0.05, 0) is 25.7 Å². The molecule has 0 aromatic carbocycles. The second-order valence-corrected chi connectivity index (χ2v) is 5.25. The molecule has 3 nitrogen and oxygen atoms in total. The molecule has 0 spiro atoms. The van der Waals surface area contributed by atoms with E-state index in [-0.39, 0.29) is 5.41 Å². The third-order valence-electron chi connectivity index (χ3n) is 4.20. The monoisotopic (exact) mass is 197 g/mol. The molecule has 2 bridgehead atoms. The zero-order valence-corrected chi connectivity index (χ0v) is 8.61. The summed E-state index contributed by atoms with van der Waals surface area (Å²) in [6, 6.07) is 1.30. The van der Waals surface area contributed by atoms with Crippen LogP contribution in [0.25, 0.3) is 0 Å². The van der Waals surface area contributed by atoms with Gasteiger partial charge < -0.3 is 9.84 Å². The molecule has 3 fully saturated rings. The lowest BCUT2D eigenvalue weighted by atomic mass is 10.1. The first-order valence-electron chi connectivity index (χ1n) is 5.77. The van der Waals surface area contributed by atoms with Crippen LogP contribution < -0.4 is 0 Å². The van der Waals surface area contributed by atoms with Gasteiger partial charge in [0.05, 0.1) is 13.2 Å². The first-order chi connectivity index (χ1) is 6.83. The molecule has 3 heteroatoms. The van der Waals surface area contributed by atoms with E-state index >= 15 is 0 Å². The van der Waals surface area contributed by atoms with E-state index in [0.29, 0.717) is 18.7 Å². The molecule has 2 saturated heterocycles. The molecule has 0 aromatic rings. The summed E-state index contributed by atoms with van der Waals surface area (Å²) >= 11 is 0. The Morgan fingerprint density at radius 3 is 2.36 bits per heavy atom. The molecule has 0 aromatic heterocycles. The van der Waals surface area contributed by atoms with Crippen molar-refractivity contribution in [3.8, 4) is 0 Å². The third-order valence-corrected chi connectivity index (χ3v) is 4.20. The van der Waals surface area contributed by atoms with Gasteiger partial charge in [0.2, 0.25) is 0 Å². The fourth-order valence-corrected chi connectivity index (χ4v) is 2.90. The first-order valence-corrected chi connectivity index (χ1v) is 5.77. The number of nitrogens with zero attached hydrogens (tertiary/aromatic N) is 1. The van der Waals surface area contributed by atoms with E-state index < -0.39 is 0 Å². The molecule has 2 atom stereocenters. The zero-order chi connectivity index (χ0) is 9.60. The van der Waals surface area contributed by atoms with E-state index in [1.807, 2.05) is 0 Å². The molecule has 1 aliphatic carbocycles. The Bertz CT molecular complexity index is 211. The van der Waals surface area contributed by atoms with Gasteiger partial charge in [-0.15, -0.1) is 0 Å². The highest BCUT2D eigenvalue weighted by molar-refractivity contribution is 5.00. The van der Waals surface area contributed by atoms with Crippen LogP contribution in [0.1, 0.15) is 25.7 Å². The largest absolute Gasteiger partial charge is 0.396 e. The fraction of sp³-hybridized carbons (Fsp3) is 1.00. The Morgan fingerprint density at radius 2 is 1.86 bits per heavy atom. The smallest absolute Gasteiger partial charge is 0.0622 e. The van der Waals surface area contributed by atoms with Crippen molar-refractivity contribution in [2.45, 2.75) is 37.8 Å². The summed E-state index contributed by atoms with van der Waals surface area (Å²) in [6.45, 7) is 3.32. The molecule has 2 heterocycles. The Labute approximate surface area is 85.0 Å². The van der Waals surface area contributed by atoms with Crippen LogP contribution in [-0.2, 0) is 4.74 Å². The molecule has 1 N–H and O–H groups in total. The van der Waals surface area contributed by atoms with E-state index in [2.05, 4.69) is 4.90 Å².